The summed E-state index contributed by atoms with van der Waals surface area (Å²) in [6.07, 6.45) is 2.32. The van der Waals surface area contributed by atoms with E-state index in [1.807, 2.05) is 72.8 Å². The van der Waals surface area contributed by atoms with Crippen molar-refractivity contribution in [1.82, 2.24) is 0 Å². The number of methoxy groups -OCH3 is 4. The molecular formula is C38H46O7. The van der Waals surface area contributed by atoms with Crippen LogP contribution in [0.15, 0.2) is 97.1 Å². The van der Waals surface area contributed by atoms with Gasteiger partial charge in [0.05, 0.1) is 41.7 Å². The molecule has 2 unspecified atom stereocenters. The van der Waals surface area contributed by atoms with Crippen LogP contribution >= 0.6 is 0 Å². The zero-order valence-corrected chi connectivity index (χ0v) is 26.8. The van der Waals surface area contributed by atoms with Crippen molar-refractivity contribution in [3.05, 3.63) is 119 Å². The molecule has 4 aromatic rings. The maximum atomic E-state index is 10.1. The summed E-state index contributed by atoms with van der Waals surface area (Å²) in [6, 6.07) is 32.1. The van der Waals surface area contributed by atoms with Gasteiger partial charge in [-0.05, 0) is 73.2 Å². The minimum Gasteiger partial charge on any atom is -0.497 e. The summed E-state index contributed by atoms with van der Waals surface area (Å²) in [4.78, 5) is 0. The molecule has 0 saturated carbocycles. The van der Waals surface area contributed by atoms with Crippen molar-refractivity contribution in [3.8, 4) is 23.0 Å². The molecule has 0 aliphatic carbocycles. The average molecular weight is 615 g/mol. The second kappa shape index (κ2) is 16.3. The Morgan fingerprint density at radius 1 is 0.511 bits per heavy atom. The number of ether oxygens (including phenoxy) is 5. The van der Waals surface area contributed by atoms with E-state index in [4.69, 9.17) is 23.7 Å². The van der Waals surface area contributed by atoms with Gasteiger partial charge in [0.2, 0.25) is 0 Å². The first-order chi connectivity index (χ1) is 22.0. The zero-order chi connectivity index (χ0) is 32.1. The van der Waals surface area contributed by atoms with Crippen molar-refractivity contribution in [3.63, 3.8) is 0 Å². The molecule has 0 bridgehead atoms. The molecule has 0 radical (unpaired) electrons. The lowest BCUT2D eigenvalue weighted by Gasteiger charge is -2.40. The van der Waals surface area contributed by atoms with Crippen LogP contribution in [0.5, 0.6) is 23.0 Å². The third-order valence-corrected chi connectivity index (χ3v) is 8.72. The molecule has 0 spiro atoms. The van der Waals surface area contributed by atoms with Crippen LogP contribution < -0.4 is 18.9 Å². The van der Waals surface area contributed by atoms with Crippen LogP contribution in [0.1, 0.15) is 47.9 Å². The SMILES string of the molecule is COc1ccc(OC)c(C(CCCO)(COCC(CCCO)(c2ccccc2)c2cc(OC)ccc2OC)c2ccccc2)c1. The molecule has 0 amide bonds. The van der Waals surface area contributed by atoms with Crippen LogP contribution in [-0.2, 0) is 15.6 Å². The number of aliphatic hydroxyl groups is 2. The average Bonchev–Trinajstić information content (AvgIpc) is 3.11. The third-order valence-electron chi connectivity index (χ3n) is 8.72. The van der Waals surface area contributed by atoms with Gasteiger partial charge in [-0.25, -0.2) is 0 Å². The largest absolute Gasteiger partial charge is 0.497 e. The lowest BCUT2D eigenvalue weighted by molar-refractivity contribution is 0.0547. The second-order valence-corrected chi connectivity index (χ2v) is 11.2. The van der Waals surface area contributed by atoms with Crippen molar-refractivity contribution in [1.29, 1.82) is 0 Å². The first kappa shape index (κ1) is 33.8. The molecule has 0 fully saturated rings. The highest BCUT2D eigenvalue weighted by atomic mass is 16.5. The van der Waals surface area contributed by atoms with Gasteiger partial charge in [0.1, 0.15) is 23.0 Å². The van der Waals surface area contributed by atoms with Gasteiger partial charge >= 0.3 is 0 Å². The fourth-order valence-electron chi connectivity index (χ4n) is 6.39. The monoisotopic (exact) mass is 614 g/mol. The molecule has 4 aromatic carbocycles. The van der Waals surface area contributed by atoms with Gasteiger partial charge in [0, 0.05) is 35.2 Å². The number of benzene rings is 4. The van der Waals surface area contributed by atoms with Gasteiger partial charge in [0.25, 0.3) is 0 Å². The van der Waals surface area contributed by atoms with Crippen LogP contribution in [0.2, 0.25) is 0 Å². The maximum absolute atomic E-state index is 10.1. The van der Waals surface area contributed by atoms with E-state index in [9.17, 15) is 10.2 Å². The Hall–Kier alpha value is -4.04. The van der Waals surface area contributed by atoms with E-state index in [0.717, 1.165) is 22.3 Å². The molecule has 0 aliphatic heterocycles. The van der Waals surface area contributed by atoms with Gasteiger partial charge in [-0.15, -0.1) is 0 Å². The predicted molar refractivity (Wildman–Crippen MR) is 177 cm³/mol. The van der Waals surface area contributed by atoms with E-state index < -0.39 is 10.8 Å². The van der Waals surface area contributed by atoms with Gasteiger partial charge < -0.3 is 33.9 Å². The van der Waals surface area contributed by atoms with Gasteiger partial charge in [-0.1, -0.05) is 60.7 Å². The first-order valence-electron chi connectivity index (χ1n) is 15.4. The Morgan fingerprint density at radius 3 is 1.24 bits per heavy atom. The molecule has 240 valence electrons. The van der Waals surface area contributed by atoms with Crippen molar-refractivity contribution >= 4 is 0 Å². The van der Waals surface area contributed by atoms with Gasteiger partial charge in [-0.2, -0.15) is 0 Å². The van der Waals surface area contributed by atoms with Crippen LogP contribution in [0.3, 0.4) is 0 Å². The summed E-state index contributed by atoms with van der Waals surface area (Å²) < 4.78 is 30.1. The molecule has 0 heterocycles. The molecule has 45 heavy (non-hydrogen) atoms. The number of aliphatic hydroxyl groups excluding tert-OH is 2. The molecule has 7 heteroatoms. The van der Waals surface area contributed by atoms with E-state index in [1.54, 1.807) is 28.4 Å². The van der Waals surface area contributed by atoms with Crippen LogP contribution in [0.25, 0.3) is 0 Å². The number of hydrogen-bond acceptors (Lipinski definition) is 7. The summed E-state index contributed by atoms with van der Waals surface area (Å²) in [5.74, 6) is 2.84. The highest BCUT2D eigenvalue weighted by molar-refractivity contribution is 5.52. The molecule has 2 atom stereocenters. The Bertz CT molecular complexity index is 1350. The lowest BCUT2D eigenvalue weighted by Crippen LogP contribution is -2.39. The quantitative estimate of drug-likeness (QED) is 0.131. The van der Waals surface area contributed by atoms with Crippen molar-refractivity contribution in [2.75, 3.05) is 54.9 Å². The Balaban J connectivity index is 1.89. The van der Waals surface area contributed by atoms with E-state index in [-0.39, 0.29) is 13.2 Å². The molecule has 4 rings (SSSR count). The Morgan fingerprint density at radius 2 is 0.911 bits per heavy atom. The smallest absolute Gasteiger partial charge is 0.123 e. The Labute approximate surface area is 267 Å². The van der Waals surface area contributed by atoms with Crippen LogP contribution in [-0.4, -0.2) is 65.1 Å². The summed E-state index contributed by atoms with van der Waals surface area (Å²) in [6.45, 7) is 0.653. The van der Waals surface area contributed by atoms with E-state index in [2.05, 4.69) is 24.3 Å². The minimum absolute atomic E-state index is 0.0341. The summed E-state index contributed by atoms with van der Waals surface area (Å²) in [5.41, 5.74) is 2.57. The van der Waals surface area contributed by atoms with E-state index in [0.29, 0.717) is 61.9 Å². The third kappa shape index (κ3) is 7.44. The van der Waals surface area contributed by atoms with E-state index in [1.165, 1.54) is 0 Å². The minimum atomic E-state index is -0.679. The predicted octanol–water partition coefficient (Wildman–Crippen LogP) is 6.56. The molecule has 7 nitrogen and oxygen atoms in total. The van der Waals surface area contributed by atoms with Gasteiger partial charge in [0.15, 0.2) is 0 Å². The Kier molecular flexibility index (Phi) is 12.3. The lowest BCUT2D eigenvalue weighted by atomic mass is 9.70. The van der Waals surface area contributed by atoms with Gasteiger partial charge in [-0.3, -0.25) is 0 Å². The van der Waals surface area contributed by atoms with Crippen molar-refractivity contribution in [2.45, 2.75) is 36.5 Å². The molecule has 0 saturated heterocycles. The summed E-state index contributed by atoms with van der Waals surface area (Å²) >= 11 is 0. The maximum Gasteiger partial charge on any atom is 0.123 e. The summed E-state index contributed by atoms with van der Waals surface area (Å²) in [5, 5.41) is 20.1. The number of rotatable bonds is 18. The highest BCUT2D eigenvalue weighted by Crippen LogP contribution is 2.46. The first-order valence-corrected chi connectivity index (χ1v) is 15.4. The summed E-state index contributed by atoms with van der Waals surface area (Å²) in [7, 11) is 6.63. The topological polar surface area (TPSA) is 86.6 Å². The molecule has 0 aromatic heterocycles. The fraction of sp³-hybridized carbons (Fsp3) is 0.368. The van der Waals surface area contributed by atoms with E-state index >= 15 is 0 Å². The highest BCUT2D eigenvalue weighted by Gasteiger charge is 2.41. The zero-order valence-electron chi connectivity index (χ0n) is 26.8. The molecular weight excluding hydrogens is 568 g/mol. The van der Waals surface area contributed by atoms with Crippen molar-refractivity contribution < 1.29 is 33.9 Å². The standard InChI is InChI=1S/C38H46O7/c1-41-31-17-19-35(43-3)33(25-31)37(21-11-23-39,29-13-7-5-8-14-29)27-45-28-38(22-12-24-40,30-15-9-6-10-16-30)34-26-32(42-2)18-20-36(34)44-4/h5-10,13-20,25-26,39-40H,11-12,21-24,27-28H2,1-4H3. The van der Waals surface area contributed by atoms with Crippen LogP contribution in [0.4, 0.5) is 0 Å². The molecule has 2 N–H and O–H groups in total. The normalized spacial score (nSPS) is 13.8. The number of hydrogen-bond donors (Lipinski definition) is 2. The second-order valence-electron chi connectivity index (χ2n) is 11.2. The van der Waals surface area contributed by atoms with Crippen molar-refractivity contribution in [2.24, 2.45) is 0 Å². The van der Waals surface area contributed by atoms with Crippen LogP contribution in [0, 0.1) is 0 Å². The fourth-order valence-corrected chi connectivity index (χ4v) is 6.39. The molecule has 0 aliphatic rings.